The Kier molecular flexibility index (Phi) is 3.84. The number of aliphatic hydroxyl groups is 1. The summed E-state index contributed by atoms with van der Waals surface area (Å²) >= 11 is 0. The molecule has 0 aliphatic carbocycles. The number of likely N-dealkylation sites (tertiary alicyclic amines) is 1. The number of nitrogens with zero attached hydrogens (tertiary/aromatic N) is 5. The Balaban J connectivity index is 1.64. The summed E-state index contributed by atoms with van der Waals surface area (Å²) in [6.07, 6.45) is 9.21. The van der Waals surface area contributed by atoms with E-state index in [1.54, 1.807) is 6.20 Å². The van der Waals surface area contributed by atoms with E-state index in [9.17, 15) is 5.11 Å². The second kappa shape index (κ2) is 5.76. The topological polar surface area (TPSA) is 59.1 Å². The summed E-state index contributed by atoms with van der Waals surface area (Å²) in [5.74, 6) is 1.80. The lowest BCUT2D eigenvalue weighted by atomic mass is 10.1. The Hall–Kier alpha value is -1.66. The van der Waals surface area contributed by atoms with Crippen LogP contribution in [0.2, 0.25) is 0 Å². The van der Waals surface area contributed by atoms with Crippen LogP contribution in [0.25, 0.3) is 11.6 Å². The highest BCUT2D eigenvalue weighted by molar-refractivity contribution is 5.44. The number of hydrogen-bond acceptors (Lipinski definition) is 4. The van der Waals surface area contributed by atoms with Gasteiger partial charge in [0.05, 0.1) is 6.10 Å². The van der Waals surface area contributed by atoms with Gasteiger partial charge in [-0.25, -0.2) is 9.97 Å². The second-order valence-corrected chi connectivity index (χ2v) is 5.38. The monoisotopic (exact) mass is 275 g/mol. The van der Waals surface area contributed by atoms with Crippen molar-refractivity contribution in [2.75, 3.05) is 19.6 Å². The summed E-state index contributed by atoms with van der Waals surface area (Å²) < 4.78 is 4.13. The molecule has 0 saturated carbocycles. The lowest BCUT2D eigenvalue weighted by molar-refractivity contribution is 0.0810. The first-order valence-electron chi connectivity index (χ1n) is 7.13. The normalized spacial score (nSPS) is 17.7. The molecule has 1 saturated heterocycles. The number of aromatic nitrogens is 4. The Morgan fingerprint density at radius 1 is 1.10 bits per heavy atom. The van der Waals surface area contributed by atoms with Crippen LogP contribution in [0.4, 0.5) is 0 Å². The Morgan fingerprint density at radius 2 is 1.80 bits per heavy atom. The predicted octanol–water partition coefficient (Wildman–Crippen LogP) is 0.740. The van der Waals surface area contributed by atoms with Crippen LogP contribution in [0.1, 0.15) is 12.8 Å². The first-order valence-corrected chi connectivity index (χ1v) is 7.13. The van der Waals surface area contributed by atoms with E-state index in [-0.39, 0.29) is 6.10 Å². The molecule has 0 amide bonds. The molecule has 0 bridgehead atoms. The molecule has 108 valence electrons. The molecule has 1 aliphatic rings. The minimum absolute atomic E-state index is 0.109. The molecule has 0 unspecified atom stereocenters. The van der Waals surface area contributed by atoms with Crippen molar-refractivity contribution in [2.45, 2.75) is 25.5 Å². The molecule has 0 radical (unpaired) electrons. The number of hydrogen-bond donors (Lipinski definition) is 1. The minimum Gasteiger partial charge on any atom is -0.393 e. The SMILES string of the molecule is Cn1ccnc1-c1nccn1CCN1CCC(O)CC1. The van der Waals surface area contributed by atoms with Gasteiger partial charge in [-0.15, -0.1) is 0 Å². The number of piperidine rings is 1. The van der Waals surface area contributed by atoms with Crippen LogP contribution in [0.5, 0.6) is 0 Å². The van der Waals surface area contributed by atoms with Crippen molar-refractivity contribution in [3.63, 3.8) is 0 Å². The molecule has 2 aromatic heterocycles. The van der Waals surface area contributed by atoms with Crippen molar-refractivity contribution in [3.05, 3.63) is 24.8 Å². The van der Waals surface area contributed by atoms with Gasteiger partial charge >= 0.3 is 0 Å². The summed E-state index contributed by atoms with van der Waals surface area (Å²) in [6, 6.07) is 0. The first kappa shape index (κ1) is 13.3. The molecule has 20 heavy (non-hydrogen) atoms. The number of imidazole rings is 2. The van der Waals surface area contributed by atoms with Crippen LogP contribution in [0.3, 0.4) is 0 Å². The molecular formula is C14H21N5O. The number of rotatable bonds is 4. The average molecular weight is 275 g/mol. The van der Waals surface area contributed by atoms with Gasteiger partial charge in [0.25, 0.3) is 0 Å². The van der Waals surface area contributed by atoms with Crippen LogP contribution in [-0.4, -0.2) is 54.8 Å². The fourth-order valence-corrected chi connectivity index (χ4v) is 2.67. The van der Waals surface area contributed by atoms with Gasteiger partial charge in [0.15, 0.2) is 11.6 Å². The quantitative estimate of drug-likeness (QED) is 0.894. The molecular weight excluding hydrogens is 254 g/mol. The van der Waals surface area contributed by atoms with Crippen molar-refractivity contribution in [1.82, 2.24) is 24.0 Å². The molecule has 0 spiro atoms. The number of aryl methyl sites for hydroxylation is 1. The van der Waals surface area contributed by atoms with Crippen LogP contribution >= 0.6 is 0 Å². The summed E-state index contributed by atoms with van der Waals surface area (Å²) in [6.45, 7) is 3.85. The zero-order valence-electron chi connectivity index (χ0n) is 11.8. The predicted molar refractivity (Wildman–Crippen MR) is 76.1 cm³/mol. The molecule has 3 rings (SSSR count). The Bertz CT molecular complexity index is 553. The van der Waals surface area contributed by atoms with Crippen molar-refractivity contribution in [3.8, 4) is 11.6 Å². The first-order chi connectivity index (χ1) is 9.74. The van der Waals surface area contributed by atoms with Gasteiger partial charge in [-0.1, -0.05) is 0 Å². The molecule has 0 atom stereocenters. The molecule has 1 fully saturated rings. The number of aliphatic hydroxyl groups excluding tert-OH is 1. The molecule has 2 aromatic rings. The molecule has 6 nitrogen and oxygen atoms in total. The summed E-state index contributed by atoms with van der Waals surface area (Å²) in [4.78, 5) is 11.2. The van der Waals surface area contributed by atoms with Crippen LogP contribution in [0, 0.1) is 0 Å². The van der Waals surface area contributed by atoms with E-state index >= 15 is 0 Å². The van der Waals surface area contributed by atoms with Gasteiger partial charge in [0.1, 0.15) is 0 Å². The highest BCUT2D eigenvalue weighted by Crippen LogP contribution is 2.15. The highest BCUT2D eigenvalue weighted by atomic mass is 16.3. The third-order valence-corrected chi connectivity index (χ3v) is 3.95. The minimum atomic E-state index is -0.109. The molecule has 1 aliphatic heterocycles. The van der Waals surface area contributed by atoms with Gasteiger partial charge in [0, 0.05) is 58.0 Å². The fourth-order valence-electron chi connectivity index (χ4n) is 2.67. The van der Waals surface area contributed by atoms with Crippen LogP contribution in [-0.2, 0) is 13.6 Å². The van der Waals surface area contributed by atoms with Gasteiger partial charge < -0.3 is 19.1 Å². The van der Waals surface area contributed by atoms with E-state index in [0.717, 1.165) is 50.7 Å². The van der Waals surface area contributed by atoms with E-state index < -0.39 is 0 Å². The lowest BCUT2D eigenvalue weighted by Crippen LogP contribution is -2.37. The molecule has 1 N–H and O–H groups in total. The third-order valence-electron chi connectivity index (χ3n) is 3.95. The average Bonchev–Trinajstić information content (AvgIpc) is 3.06. The molecule has 3 heterocycles. The van der Waals surface area contributed by atoms with E-state index in [2.05, 4.69) is 19.4 Å². The van der Waals surface area contributed by atoms with Crippen molar-refractivity contribution >= 4 is 0 Å². The van der Waals surface area contributed by atoms with E-state index in [0.29, 0.717) is 0 Å². The zero-order valence-corrected chi connectivity index (χ0v) is 11.8. The van der Waals surface area contributed by atoms with E-state index in [4.69, 9.17) is 0 Å². The Morgan fingerprint density at radius 3 is 2.50 bits per heavy atom. The fraction of sp³-hybridized carbons (Fsp3) is 0.571. The van der Waals surface area contributed by atoms with Gasteiger partial charge in [-0.05, 0) is 12.8 Å². The summed E-state index contributed by atoms with van der Waals surface area (Å²) in [5, 5.41) is 9.53. The van der Waals surface area contributed by atoms with Crippen LogP contribution < -0.4 is 0 Å². The standard InChI is InChI=1S/C14H21N5O/c1-17-8-4-15-13(17)14-16-5-9-19(14)11-10-18-6-2-12(20)3-7-18/h4-5,8-9,12,20H,2-3,6-7,10-11H2,1H3. The van der Waals surface area contributed by atoms with E-state index in [1.807, 2.05) is 30.2 Å². The maximum Gasteiger partial charge on any atom is 0.176 e. The maximum absolute atomic E-state index is 9.53. The van der Waals surface area contributed by atoms with Crippen molar-refractivity contribution < 1.29 is 5.11 Å². The summed E-state index contributed by atoms with van der Waals surface area (Å²) in [7, 11) is 1.98. The van der Waals surface area contributed by atoms with Crippen molar-refractivity contribution in [2.24, 2.45) is 7.05 Å². The van der Waals surface area contributed by atoms with Gasteiger partial charge in [-0.3, -0.25) is 0 Å². The van der Waals surface area contributed by atoms with Crippen LogP contribution in [0.15, 0.2) is 24.8 Å². The summed E-state index contributed by atoms with van der Waals surface area (Å²) in [5.41, 5.74) is 0. The third kappa shape index (κ3) is 2.76. The zero-order chi connectivity index (χ0) is 13.9. The largest absolute Gasteiger partial charge is 0.393 e. The van der Waals surface area contributed by atoms with Crippen molar-refractivity contribution in [1.29, 1.82) is 0 Å². The van der Waals surface area contributed by atoms with Gasteiger partial charge in [-0.2, -0.15) is 0 Å². The maximum atomic E-state index is 9.53. The van der Waals surface area contributed by atoms with E-state index in [1.165, 1.54) is 0 Å². The highest BCUT2D eigenvalue weighted by Gasteiger charge is 2.17. The molecule has 0 aromatic carbocycles. The second-order valence-electron chi connectivity index (χ2n) is 5.38. The van der Waals surface area contributed by atoms with Gasteiger partial charge in [0.2, 0.25) is 0 Å². The Labute approximate surface area is 118 Å². The molecule has 6 heteroatoms. The smallest absolute Gasteiger partial charge is 0.176 e. The lowest BCUT2D eigenvalue weighted by Gasteiger charge is -2.29.